The minimum atomic E-state index is 0.756. The number of rotatable bonds is 6. The second-order valence-corrected chi connectivity index (χ2v) is 4.86. The zero-order valence-corrected chi connectivity index (χ0v) is 10.9. The number of thioether (sulfide) groups is 1. The van der Waals surface area contributed by atoms with Gasteiger partial charge in [0.05, 0.1) is 16.4 Å². The number of nitrogens with two attached hydrogens (primary N) is 1. The van der Waals surface area contributed by atoms with E-state index in [2.05, 4.69) is 12.0 Å². The molecular weight excluding hydrogens is 230 g/mol. The summed E-state index contributed by atoms with van der Waals surface area (Å²) >= 11 is 8.08. The van der Waals surface area contributed by atoms with Crippen molar-refractivity contribution >= 4 is 23.4 Å². The molecule has 2 N–H and O–H groups in total. The van der Waals surface area contributed by atoms with Gasteiger partial charge in [0, 0.05) is 12.8 Å². The molecule has 0 amide bonds. The lowest BCUT2D eigenvalue weighted by Gasteiger charge is -2.02. The van der Waals surface area contributed by atoms with Gasteiger partial charge in [-0.2, -0.15) is 16.9 Å². The largest absolute Gasteiger partial charge is 0.330 e. The third-order valence-corrected chi connectivity index (χ3v) is 3.73. The molecule has 0 saturated heterocycles. The fourth-order valence-corrected chi connectivity index (χ4v) is 2.81. The average Bonchev–Trinajstić information content (AvgIpc) is 2.50. The summed E-state index contributed by atoms with van der Waals surface area (Å²) in [5.74, 6) is 2.00. The summed E-state index contributed by atoms with van der Waals surface area (Å²) in [4.78, 5) is 0. The molecule has 86 valence electrons. The van der Waals surface area contributed by atoms with Crippen molar-refractivity contribution in [2.75, 3.05) is 12.3 Å². The van der Waals surface area contributed by atoms with Gasteiger partial charge in [-0.25, -0.2) is 0 Å². The van der Waals surface area contributed by atoms with Crippen LogP contribution in [0.15, 0.2) is 0 Å². The van der Waals surface area contributed by atoms with E-state index in [1.54, 1.807) is 0 Å². The van der Waals surface area contributed by atoms with Crippen LogP contribution in [0.1, 0.15) is 24.7 Å². The molecule has 0 atom stereocenters. The van der Waals surface area contributed by atoms with Crippen LogP contribution in [0.3, 0.4) is 0 Å². The normalized spacial score (nSPS) is 10.9. The molecule has 0 unspecified atom stereocenters. The van der Waals surface area contributed by atoms with E-state index in [0.29, 0.717) is 0 Å². The lowest BCUT2D eigenvalue weighted by atomic mass is 10.3. The van der Waals surface area contributed by atoms with Crippen LogP contribution >= 0.6 is 23.4 Å². The van der Waals surface area contributed by atoms with Crippen molar-refractivity contribution in [3.8, 4) is 0 Å². The third-order valence-electron chi connectivity index (χ3n) is 2.23. The van der Waals surface area contributed by atoms with Gasteiger partial charge in [-0.3, -0.25) is 4.68 Å². The summed E-state index contributed by atoms with van der Waals surface area (Å²) in [5.41, 5.74) is 7.55. The molecule has 1 heterocycles. The van der Waals surface area contributed by atoms with Gasteiger partial charge < -0.3 is 5.73 Å². The summed E-state index contributed by atoms with van der Waals surface area (Å²) in [5, 5.41) is 5.21. The van der Waals surface area contributed by atoms with Gasteiger partial charge in [0.25, 0.3) is 0 Å². The molecule has 0 aliphatic rings. The first-order chi connectivity index (χ1) is 7.20. The van der Waals surface area contributed by atoms with Crippen LogP contribution in [0.5, 0.6) is 0 Å². The highest BCUT2D eigenvalue weighted by Gasteiger charge is 2.12. The maximum Gasteiger partial charge on any atom is 0.0858 e. The summed E-state index contributed by atoms with van der Waals surface area (Å²) in [6.07, 6.45) is 1.95. The average molecular weight is 248 g/mol. The van der Waals surface area contributed by atoms with E-state index in [1.807, 2.05) is 23.5 Å². The van der Waals surface area contributed by atoms with Crippen LogP contribution in [0, 0.1) is 0 Å². The molecule has 0 aromatic carbocycles. The van der Waals surface area contributed by atoms with E-state index in [4.69, 9.17) is 17.3 Å². The molecule has 0 radical (unpaired) electrons. The molecule has 0 aliphatic heterocycles. The van der Waals surface area contributed by atoms with Crippen molar-refractivity contribution < 1.29 is 0 Å². The van der Waals surface area contributed by atoms with Crippen LogP contribution in [0.2, 0.25) is 5.02 Å². The van der Waals surface area contributed by atoms with Gasteiger partial charge in [0.15, 0.2) is 0 Å². The topological polar surface area (TPSA) is 43.8 Å². The van der Waals surface area contributed by atoms with Crippen molar-refractivity contribution in [1.29, 1.82) is 0 Å². The standard InChI is InChI=1S/C10H18ClN3S/c1-3-8-10(11)9(14(2)13-8)7-15-6-4-5-12/h3-7,12H2,1-2H3. The summed E-state index contributed by atoms with van der Waals surface area (Å²) in [6, 6.07) is 0. The summed E-state index contributed by atoms with van der Waals surface area (Å²) < 4.78 is 1.89. The van der Waals surface area contributed by atoms with Gasteiger partial charge in [-0.05, 0) is 25.1 Å². The van der Waals surface area contributed by atoms with Gasteiger partial charge in [-0.1, -0.05) is 18.5 Å². The van der Waals surface area contributed by atoms with Gasteiger partial charge in [0.1, 0.15) is 0 Å². The molecule has 5 heteroatoms. The number of aryl methyl sites for hydroxylation is 2. The zero-order chi connectivity index (χ0) is 11.3. The van der Waals surface area contributed by atoms with E-state index in [1.165, 1.54) is 0 Å². The minimum Gasteiger partial charge on any atom is -0.330 e. The molecule has 0 saturated carbocycles. The minimum absolute atomic E-state index is 0.756. The Balaban J connectivity index is 2.56. The van der Waals surface area contributed by atoms with Crippen LogP contribution in [-0.4, -0.2) is 22.1 Å². The van der Waals surface area contributed by atoms with Crippen LogP contribution in [0.4, 0.5) is 0 Å². The number of hydrogen-bond donors (Lipinski definition) is 1. The molecular formula is C10H18ClN3S. The predicted octanol–water partition coefficient (Wildman–Crippen LogP) is 2.22. The first-order valence-electron chi connectivity index (χ1n) is 5.18. The van der Waals surface area contributed by atoms with Crippen LogP contribution < -0.4 is 5.73 Å². The van der Waals surface area contributed by atoms with E-state index < -0.39 is 0 Å². The van der Waals surface area contributed by atoms with E-state index >= 15 is 0 Å². The molecule has 0 fully saturated rings. The highest BCUT2D eigenvalue weighted by Crippen LogP contribution is 2.24. The molecule has 15 heavy (non-hydrogen) atoms. The Morgan fingerprint density at radius 3 is 2.80 bits per heavy atom. The quantitative estimate of drug-likeness (QED) is 0.784. The van der Waals surface area contributed by atoms with Gasteiger partial charge in [0.2, 0.25) is 0 Å². The van der Waals surface area contributed by atoms with Crippen molar-refractivity contribution in [1.82, 2.24) is 9.78 Å². The highest BCUT2D eigenvalue weighted by molar-refractivity contribution is 7.98. The van der Waals surface area contributed by atoms with Crippen LogP contribution in [-0.2, 0) is 19.2 Å². The molecule has 1 aromatic heterocycles. The van der Waals surface area contributed by atoms with Crippen molar-refractivity contribution in [2.45, 2.75) is 25.5 Å². The Hall–Kier alpha value is -0.190. The first-order valence-corrected chi connectivity index (χ1v) is 6.72. The number of aromatic nitrogens is 2. The van der Waals surface area contributed by atoms with E-state index in [-0.39, 0.29) is 0 Å². The van der Waals surface area contributed by atoms with Crippen LogP contribution in [0.25, 0.3) is 0 Å². The zero-order valence-electron chi connectivity index (χ0n) is 9.29. The highest BCUT2D eigenvalue weighted by atomic mass is 35.5. The maximum absolute atomic E-state index is 6.22. The SMILES string of the molecule is CCc1nn(C)c(CSCCCN)c1Cl. The van der Waals surface area contributed by atoms with E-state index in [0.717, 1.165) is 47.3 Å². The number of hydrogen-bond acceptors (Lipinski definition) is 3. The molecule has 0 bridgehead atoms. The lowest BCUT2D eigenvalue weighted by Crippen LogP contribution is -2.01. The lowest BCUT2D eigenvalue weighted by molar-refractivity contribution is 0.720. The van der Waals surface area contributed by atoms with Crippen molar-refractivity contribution in [2.24, 2.45) is 12.8 Å². The fourth-order valence-electron chi connectivity index (χ4n) is 1.33. The van der Waals surface area contributed by atoms with Crippen molar-refractivity contribution in [3.63, 3.8) is 0 Å². The molecule has 1 aromatic rings. The predicted molar refractivity (Wildman–Crippen MR) is 67.4 cm³/mol. The smallest absolute Gasteiger partial charge is 0.0858 e. The molecule has 3 nitrogen and oxygen atoms in total. The second-order valence-electron chi connectivity index (χ2n) is 3.38. The fraction of sp³-hybridized carbons (Fsp3) is 0.700. The summed E-state index contributed by atoms with van der Waals surface area (Å²) in [7, 11) is 1.95. The van der Waals surface area contributed by atoms with Gasteiger partial charge in [-0.15, -0.1) is 0 Å². The molecule has 1 rings (SSSR count). The third kappa shape index (κ3) is 3.40. The maximum atomic E-state index is 6.22. The Morgan fingerprint density at radius 1 is 1.53 bits per heavy atom. The first kappa shape index (κ1) is 12.9. The molecule has 0 spiro atoms. The van der Waals surface area contributed by atoms with E-state index in [9.17, 15) is 0 Å². The molecule has 0 aliphatic carbocycles. The van der Waals surface area contributed by atoms with Crippen molar-refractivity contribution in [3.05, 3.63) is 16.4 Å². The monoisotopic (exact) mass is 247 g/mol. The van der Waals surface area contributed by atoms with Gasteiger partial charge >= 0.3 is 0 Å². The Kier molecular flexibility index (Phi) is 5.50. The Morgan fingerprint density at radius 2 is 2.27 bits per heavy atom. The number of halogens is 1. The number of nitrogens with zero attached hydrogens (tertiary/aromatic N) is 2. The second kappa shape index (κ2) is 6.40. The summed E-state index contributed by atoms with van der Waals surface area (Å²) in [6.45, 7) is 2.83. The Bertz CT molecular complexity index is 312. The Labute approximate surface area is 100 Å².